The van der Waals surface area contributed by atoms with Crippen molar-refractivity contribution in [3.63, 3.8) is 0 Å². The molecule has 0 aliphatic heterocycles. The van der Waals surface area contributed by atoms with Gasteiger partial charge in [0.1, 0.15) is 6.10 Å². The number of carbonyl (C=O) groups is 2. The number of hydrogen-bond donors (Lipinski definition) is 1. The summed E-state index contributed by atoms with van der Waals surface area (Å²) >= 11 is 0. The van der Waals surface area contributed by atoms with Gasteiger partial charge in [-0.1, -0.05) is 117 Å². The summed E-state index contributed by atoms with van der Waals surface area (Å²) in [5, 5.41) is 8.73. The normalized spacial score (nSPS) is 11.2. The molecule has 0 aromatic carbocycles. The third-order valence-corrected chi connectivity index (χ3v) is 6.58. The molecule has 0 amide bonds. The highest BCUT2D eigenvalue weighted by Crippen LogP contribution is 2.18. The van der Waals surface area contributed by atoms with Crippen LogP contribution in [0.25, 0.3) is 0 Å². The minimum absolute atomic E-state index is 0.0473. The first-order valence-electron chi connectivity index (χ1n) is 14.5. The van der Waals surface area contributed by atoms with Crippen LogP contribution in [0.5, 0.6) is 0 Å². The highest BCUT2D eigenvalue weighted by atomic mass is 16.5. The van der Waals surface area contributed by atoms with Gasteiger partial charge in [-0.05, 0) is 38.5 Å². The summed E-state index contributed by atoms with van der Waals surface area (Å²) in [4.78, 5) is 22.9. The molecule has 0 spiro atoms. The van der Waals surface area contributed by atoms with E-state index in [1.165, 1.54) is 103 Å². The minimum Gasteiger partial charge on any atom is -0.481 e. The molecule has 0 aliphatic carbocycles. The molecule has 0 rings (SSSR count). The largest absolute Gasteiger partial charge is 0.481 e. The van der Waals surface area contributed by atoms with Crippen LogP contribution in [-0.2, 0) is 14.3 Å². The van der Waals surface area contributed by atoms with Crippen molar-refractivity contribution < 1.29 is 19.4 Å². The van der Waals surface area contributed by atoms with Crippen molar-refractivity contribution in [2.45, 2.75) is 174 Å². The van der Waals surface area contributed by atoms with E-state index in [0.717, 1.165) is 25.7 Å². The molecule has 4 heteroatoms. The highest BCUT2D eigenvalue weighted by molar-refractivity contribution is 5.70. The summed E-state index contributed by atoms with van der Waals surface area (Å²) in [5.41, 5.74) is 0. The van der Waals surface area contributed by atoms with Crippen molar-refractivity contribution in [2.24, 2.45) is 0 Å². The molecule has 196 valence electrons. The summed E-state index contributed by atoms with van der Waals surface area (Å²) in [7, 11) is 0. The SMILES string of the molecule is CCCCCCCCCCCC(CCCCCCCCCCC)OC(=O)CCCCC(=O)O. The van der Waals surface area contributed by atoms with Crippen molar-refractivity contribution in [2.75, 3.05) is 0 Å². The van der Waals surface area contributed by atoms with Gasteiger partial charge in [-0.25, -0.2) is 0 Å². The number of aliphatic carboxylic acids is 1. The Hall–Kier alpha value is -1.06. The van der Waals surface area contributed by atoms with Crippen LogP contribution in [0.3, 0.4) is 0 Å². The van der Waals surface area contributed by atoms with Gasteiger partial charge in [-0.3, -0.25) is 9.59 Å². The lowest BCUT2D eigenvalue weighted by atomic mass is 10.0. The Morgan fingerprint density at radius 1 is 0.545 bits per heavy atom. The van der Waals surface area contributed by atoms with E-state index in [-0.39, 0.29) is 18.5 Å². The molecule has 0 saturated heterocycles. The summed E-state index contributed by atoms with van der Waals surface area (Å²) in [6, 6.07) is 0. The lowest BCUT2D eigenvalue weighted by Gasteiger charge is -2.18. The van der Waals surface area contributed by atoms with E-state index in [1.807, 2.05) is 0 Å². The Labute approximate surface area is 205 Å². The first kappa shape index (κ1) is 31.9. The molecule has 4 nitrogen and oxygen atoms in total. The maximum absolute atomic E-state index is 12.2. The first-order valence-corrected chi connectivity index (χ1v) is 14.5. The van der Waals surface area contributed by atoms with Crippen molar-refractivity contribution in [3.8, 4) is 0 Å². The highest BCUT2D eigenvalue weighted by Gasteiger charge is 2.14. The lowest BCUT2D eigenvalue weighted by molar-refractivity contribution is -0.150. The van der Waals surface area contributed by atoms with Crippen molar-refractivity contribution in [1.82, 2.24) is 0 Å². The lowest BCUT2D eigenvalue weighted by Crippen LogP contribution is -2.18. The van der Waals surface area contributed by atoms with Gasteiger partial charge >= 0.3 is 11.9 Å². The van der Waals surface area contributed by atoms with Gasteiger partial charge in [0, 0.05) is 12.8 Å². The molecule has 0 fully saturated rings. The van der Waals surface area contributed by atoms with Gasteiger partial charge in [-0.15, -0.1) is 0 Å². The zero-order chi connectivity index (χ0) is 24.4. The van der Waals surface area contributed by atoms with Crippen LogP contribution in [0.4, 0.5) is 0 Å². The third-order valence-electron chi connectivity index (χ3n) is 6.58. The van der Waals surface area contributed by atoms with E-state index in [1.54, 1.807) is 0 Å². The van der Waals surface area contributed by atoms with Crippen LogP contribution in [0.2, 0.25) is 0 Å². The van der Waals surface area contributed by atoms with Crippen molar-refractivity contribution in [1.29, 1.82) is 0 Å². The Kier molecular flexibility index (Phi) is 24.7. The average Bonchev–Trinajstić information content (AvgIpc) is 2.79. The maximum atomic E-state index is 12.2. The summed E-state index contributed by atoms with van der Waals surface area (Å²) in [6.45, 7) is 4.52. The minimum atomic E-state index is -0.794. The number of carboxylic acids is 1. The first-order chi connectivity index (χ1) is 16.1. The van der Waals surface area contributed by atoms with E-state index < -0.39 is 5.97 Å². The molecule has 0 aromatic heterocycles. The van der Waals surface area contributed by atoms with Gasteiger partial charge in [0.15, 0.2) is 0 Å². The average molecular weight is 469 g/mol. The molecule has 0 saturated carbocycles. The number of ether oxygens (including phenoxy) is 1. The monoisotopic (exact) mass is 468 g/mol. The quantitative estimate of drug-likeness (QED) is 0.101. The van der Waals surface area contributed by atoms with Crippen LogP contribution in [0.15, 0.2) is 0 Å². The Morgan fingerprint density at radius 2 is 0.909 bits per heavy atom. The molecule has 1 N–H and O–H groups in total. The van der Waals surface area contributed by atoms with E-state index in [0.29, 0.717) is 19.3 Å². The zero-order valence-electron chi connectivity index (χ0n) is 22.2. The van der Waals surface area contributed by atoms with Crippen LogP contribution < -0.4 is 0 Å². The Balaban J connectivity index is 4.04. The van der Waals surface area contributed by atoms with Crippen LogP contribution in [0.1, 0.15) is 168 Å². The van der Waals surface area contributed by atoms with Gasteiger partial charge in [0.25, 0.3) is 0 Å². The molecule has 0 atom stereocenters. The number of esters is 1. The second kappa shape index (κ2) is 25.6. The standard InChI is InChI=1S/C29H56O4/c1-3-5-7-9-11-13-15-17-19-23-27(33-29(32)26-22-21-25-28(30)31)24-20-18-16-14-12-10-8-6-4-2/h27H,3-26H2,1-2H3,(H,30,31). The van der Waals surface area contributed by atoms with E-state index >= 15 is 0 Å². The zero-order valence-corrected chi connectivity index (χ0v) is 22.2. The molecule has 0 radical (unpaired) electrons. The second-order valence-corrected chi connectivity index (χ2v) is 9.95. The molecule has 0 aromatic rings. The summed E-state index contributed by atoms with van der Waals surface area (Å²) < 4.78 is 5.82. The number of hydrogen-bond acceptors (Lipinski definition) is 3. The molecule has 0 bridgehead atoms. The van der Waals surface area contributed by atoms with Crippen molar-refractivity contribution in [3.05, 3.63) is 0 Å². The number of carbonyl (C=O) groups excluding carboxylic acids is 1. The molecule has 0 aliphatic rings. The molecular formula is C29H56O4. The third kappa shape index (κ3) is 25.4. The van der Waals surface area contributed by atoms with Crippen molar-refractivity contribution >= 4 is 11.9 Å². The topological polar surface area (TPSA) is 63.6 Å². The fourth-order valence-corrected chi connectivity index (χ4v) is 4.42. The van der Waals surface area contributed by atoms with E-state index in [4.69, 9.17) is 9.84 Å². The van der Waals surface area contributed by atoms with Gasteiger partial charge in [0.2, 0.25) is 0 Å². The number of unbranched alkanes of at least 4 members (excludes halogenated alkanes) is 17. The summed E-state index contributed by atoms with van der Waals surface area (Å²) in [5.74, 6) is -0.936. The van der Waals surface area contributed by atoms with Gasteiger partial charge < -0.3 is 9.84 Å². The van der Waals surface area contributed by atoms with Gasteiger partial charge in [-0.2, -0.15) is 0 Å². The Morgan fingerprint density at radius 3 is 1.30 bits per heavy atom. The second-order valence-electron chi connectivity index (χ2n) is 9.95. The predicted molar refractivity (Wildman–Crippen MR) is 140 cm³/mol. The fraction of sp³-hybridized carbons (Fsp3) is 0.931. The Bertz CT molecular complexity index is 413. The van der Waals surface area contributed by atoms with Crippen LogP contribution >= 0.6 is 0 Å². The molecular weight excluding hydrogens is 412 g/mol. The van der Waals surface area contributed by atoms with Crippen LogP contribution in [-0.4, -0.2) is 23.1 Å². The molecule has 0 heterocycles. The fourth-order valence-electron chi connectivity index (χ4n) is 4.42. The predicted octanol–water partition coefficient (Wildman–Crippen LogP) is 9.39. The smallest absolute Gasteiger partial charge is 0.306 e. The van der Waals surface area contributed by atoms with E-state index in [9.17, 15) is 9.59 Å². The molecule has 0 unspecified atom stereocenters. The van der Waals surface area contributed by atoms with Crippen LogP contribution in [0, 0.1) is 0 Å². The number of rotatable bonds is 26. The summed E-state index contributed by atoms with van der Waals surface area (Å²) in [6.07, 6.45) is 27.2. The van der Waals surface area contributed by atoms with Gasteiger partial charge in [0.05, 0.1) is 0 Å². The van der Waals surface area contributed by atoms with E-state index in [2.05, 4.69) is 13.8 Å². The maximum Gasteiger partial charge on any atom is 0.306 e. The number of carboxylic acid groups (broad SMARTS) is 1. The molecule has 33 heavy (non-hydrogen) atoms.